The summed E-state index contributed by atoms with van der Waals surface area (Å²) in [6, 6.07) is 9.80. The van der Waals surface area contributed by atoms with E-state index < -0.39 is 4.92 Å². The van der Waals surface area contributed by atoms with Crippen molar-refractivity contribution in [3.63, 3.8) is 0 Å². The molecule has 0 N–H and O–H groups in total. The van der Waals surface area contributed by atoms with E-state index in [2.05, 4.69) is 15.9 Å². The Labute approximate surface area is 128 Å². The first kappa shape index (κ1) is 14.7. The van der Waals surface area contributed by atoms with Gasteiger partial charge in [0.05, 0.1) is 15.3 Å². The van der Waals surface area contributed by atoms with Crippen molar-refractivity contribution in [2.24, 2.45) is 0 Å². The molecule has 0 saturated carbocycles. The van der Waals surface area contributed by atoms with Crippen molar-refractivity contribution < 1.29 is 9.72 Å². The highest BCUT2D eigenvalue weighted by atomic mass is 79.9. The van der Waals surface area contributed by atoms with Gasteiger partial charge in [0, 0.05) is 18.0 Å². The molecule has 1 amide bonds. The third-order valence-electron chi connectivity index (χ3n) is 2.70. The van der Waals surface area contributed by atoms with E-state index >= 15 is 0 Å². The van der Waals surface area contributed by atoms with E-state index in [1.807, 2.05) is 12.1 Å². The van der Waals surface area contributed by atoms with Crippen LogP contribution in [0.25, 0.3) is 0 Å². The molecule has 0 spiro atoms. The first-order chi connectivity index (χ1) is 9.49. The zero-order valence-corrected chi connectivity index (χ0v) is 13.0. The maximum atomic E-state index is 12.3. The maximum Gasteiger partial charge on any atom is 0.282 e. The Morgan fingerprint density at radius 2 is 2.05 bits per heavy atom. The molecule has 0 aliphatic rings. The molecule has 2 rings (SSSR count). The van der Waals surface area contributed by atoms with Gasteiger partial charge < -0.3 is 4.90 Å². The van der Waals surface area contributed by atoms with Gasteiger partial charge in [-0.3, -0.25) is 14.9 Å². The van der Waals surface area contributed by atoms with Crippen LogP contribution < -0.4 is 0 Å². The molecule has 0 aliphatic heterocycles. The van der Waals surface area contributed by atoms with Gasteiger partial charge in [-0.1, -0.05) is 12.1 Å². The summed E-state index contributed by atoms with van der Waals surface area (Å²) >= 11 is 4.89. The van der Waals surface area contributed by atoms with Gasteiger partial charge in [-0.25, -0.2) is 0 Å². The third kappa shape index (κ3) is 3.23. The summed E-state index contributed by atoms with van der Waals surface area (Å²) in [5.74, 6) is -0.359. The summed E-state index contributed by atoms with van der Waals surface area (Å²) in [7, 11) is 1.63. The number of halogens is 1. The van der Waals surface area contributed by atoms with E-state index in [0.717, 1.165) is 8.66 Å². The molecule has 0 fully saturated rings. The molecule has 0 aliphatic carbocycles. The number of nitro benzene ring substituents is 1. The highest BCUT2D eigenvalue weighted by Gasteiger charge is 2.22. The number of carbonyl (C=O) groups excluding carboxylic acids is 1. The molecule has 1 aromatic carbocycles. The minimum Gasteiger partial charge on any atom is -0.336 e. The fraction of sp³-hybridized carbons (Fsp3) is 0.154. The Kier molecular flexibility index (Phi) is 4.51. The topological polar surface area (TPSA) is 63.5 Å². The number of amides is 1. The van der Waals surface area contributed by atoms with Crippen LogP contribution in [-0.4, -0.2) is 22.8 Å². The number of hydrogen-bond donors (Lipinski definition) is 0. The van der Waals surface area contributed by atoms with Crippen molar-refractivity contribution >= 4 is 38.9 Å². The van der Waals surface area contributed by atoms with Crippen LogP contribution in [0.15, 0.2) is 40.2 Å². The highest BCUT2D eigenvalue weighted by Crippen LogP contribution is 2.24. The van der Waals surface area contributed by atoms with Crippen molar-refractivity contribution in [2.75, 3.05) is 7.05 Å². The fourth-order valence-electron chi connectivity index (χ4n) is 1.76. The van der Waals surface area contributed by atoms with Crippen LogP contribution in [0, 0.1) is 10.1 Å². The van der Waals surface area contributed by atoms with Gasteiger partial charge in [-0.05, 0) is 34.1 Å². The largest absolute Gasteiger partial charge is 0.336 e. The molecule has 0 bridgehead atoms. The number of nitro groups is 1. The lowest BCUT2D eigenvalue weighted by Gasteiger charge is -2.16. The molecule has 0 unspecified atom stereocenters. The lowest BCUT2D eigenvalue weighted by molar-refractivity contribution is -0.385. The first-order valence-corrected chi connectivity index (χ1v) is 7.33. The lowest BCUT2D eigenvalue weighted by Crippen LogP contribution is -2.26. The molecule has 7 heteroatoms. The first-order valence-electron chi connectivity index (χ1n) is 5.72. The minimum absolute atomic E-state index is 0.107. The van der Waals surface area contributed by atoms with Gasteiger partial charge >= 0.3 is 0 Å². The number of thiophene rings is 1. The number of nitrogens with zero attached hydrogens (tertiary/aromatic N) is 2. The fourth-order valence-corrected chi connectivity index (χ4v) is 3.30. The Balaban J connectivity index is 2.20. The van der Waals surface area contributed by atoms with Crippen LogP contribution >= 0.6 is 27.3 Å². The summed E-state index contributed by atoms with van der Waals surface area (Å²) in [6.07, 6.45) is 0. The molecule has 104 valence electrons. The smallest absolute Gasteiger partial charge is 0.282 e. The van der Waals surface area contributed by atoms with Crippen LogP contribution in [0.4, 0.5) is 5.69 Å². The second-order valence-corrected chi connectivity index (χ2v) is 6.69. The van der Waals surface area contributed by atoms with Crippen molar-refractivity contribution in [3.8, 4) is 0 Å². The van der Waals surface area contributed by atoms with Crippen LogP contribution in [0.2, 0.25) is 0 Å². The summed E-state index contributed by atoms with van der Waals surface area (Å²) in [5.41, 5.74) is -0.0627. The van der Waals surface area contributed by atoms with Gasteiger partial charge in [0.2, 0.25) is 0 Å². The lowest BCUT2D eigenvalue weighted by atomic mass is 10.1. The summed E-state index contributed by atoms with van der Waals surface area (Å²) in [5, 5.41) is 10.9. The van der Waals surface area contributed by atoms with Gasteiger partial charge in [0.25, 0.3) is 11.6 Å². The molecule has 1 heterocycles. The second kappa shape index (κ2) is 6.15. The van der Waals surface area contributed by atoms with Crippen LogP contribution in [0.3, 0.4) is 0 Å². The molecule has 5 nitrogen and oxygen atoms in total. The Morgan fingerprint density at radius 1 is 1.35 bits per heavy atom. The van der Waals surface area contributed by atoms with Gasteiger partial charge in [0.15, 0.2) is 0 Å². The second-order valence-electron chi connectivity index (χ2n) is 4.14. The molecular weight excluding hydrogens is 344 g/mol. The van der Waals surface area contributed by atoms with E-state index in [1.165, 1.54) is 28.4 Å². The van der Waals surface area contributed by atoms with Crippen molar-refractivity contribution in [1.82, 2.24) is 4.90 Å². The quantitative estimate of drug-likeness (QED) is 0.621. The average Bonchev–Trinajstić information content (AvgIpc) is 2.83. The monoisotopic (exact) mass is 354 g/mol. The molecule has 0 atom stereocenters. The number of carbonyl (C=O) groups is 1. The number of para-hydroxylation sites is 1. The van der Waals surface area contributed by atoms with E-state index in [1.54, 1.807) is 19.2 Å². The Bertz CT molecular complexity index is 657. The average molecular weight is 355 g/mol. The summed E-state index contributed by atoms with van der Waals surface area (Å²) < 4.78 is 0.985. The minimum atomic E-state index is -0.539. The van der Waals surface area contributed by atoms with Crippen molar-refractivity contribution in [2.45, 2.75) is 6.54 Å². The van der Waals surface area contributed by atoms with Crippen LogP contribution in [0.5, 0.6) is 0 Å². The maximum absolute atomic E-state index is 12.3. The molecule has 20 heavy (non-hydrogen) atoms. The number of benzene rings is 1. The van der Waals surface area contributed by atoms with Crippen molar-refractivity contribution in [3.05, 3.63) is 60.7 Å². The SMILES string of the molecule is CN(Cc1ccc(Br)s1)C(=O)c1ccccc1[N+](=O)[O-]. The summed E-state index contributed by atoms with van der Waals surface area (Å²) in [6.45, 7) is 0.418. The van der Waals surface area contributed by atoms with E-state index in [0.29, 0.717) is 6.54 Å². The predicted molar refractivity (Wildman–Crippen MR) is 80.9 cm³/mol. The highest BCUT2D eigenvalue weighted by molar-refractivity contribution is 9.11. The van der Waals surface area contributed by atoms with Crippen LogP contribution in [0.1, 0.15) is 15.2 Å². The van der Waals surface area contributed by atoms with Crippen molar-refractivity contribution in [1.29, 1.82) is 0 Å². The molecule has 1 aromatic heterocycles. The van der Waals surface area contributed by atoms with Gasteiger partial charge in [-0.2, -0.15) is 0 Å². The Hall–Kier alpha value is -1.73. The van der Waals surface area contributed by atoms with E-state index in [4.69, 9.17) is 0 Å². The molecule has 2 aromatic rings. The predicted octanol–water partition coefficient (Wildman–Crippen LogP) is 3.69. The zero-order valence-electron chi connectivity index (χ0n) is 10.6. The van der Waals surface area contributed by atoms with Gasteiger partial charge in [0.1, 0.15) is 5.56 Å². The standard InChI is InChI=1S/C13H11BrN2O3S/c1-15(8-9-6-7-12(14)20-9)13(17)10-4-2-3-5-11(10)16(18)19/h2-7H,8H2,1H3. The summed E-state index contributed by atoms with van der Waals surface area (Å²) in [4.78, 5) is 25.2. The van der Waals surface area contributed by atoms with E-state index in [-0.39, 0.29) is 17.2 Å². The molecule has 0 saturated heterocycles. The normalized spacial score (nSPS) is 10.3. The number of hydrogen-bond acceptors (Lipinski definition) is 4. The van der Waals surface area contributed by atoms with Crippen LogP contribution in [-0.2, 0) is 6.54 Å². The van der Waals surface area contributed by atoms with E-state index in [9.17, 15) is 14.9 Å². The number of rotatable bonds is 4. The Morgan fingerprint density at radius 3 is 2.65 bits per heavy atom. The zero-order chi connectivity index (χ0) is 14.7. The molecule has 0 radical (unpaired) electrons. The molecular formula is C13H11BrN2O3S. The third-order valence-corrected chi connectivity index (χ3v) is 4.31. The van der Waals surface area contributed by atoms with Gasteiger partial charge in [-0.15, -0.1) is 11.3 Å².